The minimum atomic E-state index is -0.558. The summed E-state index contributed by atoms with van der Waals surface area (Å²) >= 11 is 0. The van der Waals surface area contributed by atoms with Crippen molar-refractivity contribution in [2.24, 2.45) is 0 Å². The maximum absolute atomic E-state index is 11.6. The third kappa shape index (κ3) is 5.56. The molecular formula is C13H21N3O3. The van der Waals surface area contributed by atoms with Crippen molar-refractivity contribution in [1.82, 2.24) is 4.98 Å². The van der Waals surface area contributed by atoms with Gasteiger partial charge in [0.2, 0.25) is 0 Å². The highest BCUT2D eigenvalue weighted by atomic mass is 16.6. The van der Waals surface area contributed by atoms with Crippen LogP contribution in [0.2, 0.25) is 0 Å². The molecule has 0 aliphatic rings. The number of aromatic nitrogens is 1. The number of nitrogens with two attached hydrogens (primary N) is 1. The van der Waals surface area contributed by atoms with Gasteiger partial charge in [0.1, 0.15) is 17.2 Å². The number of carbonyl (C=O) groups is 1. The molecule has 6 nitrogen and oxygen atoms in total. The fraction of sp³-hybridized carbons (Fsp3) is 0.538. The van der Waals surface area contributed by atoms with Gasteiger partial charge in [0.15, 0.2) is 0 Å². The van der Waals surface area contributed by atoms with E-state index in [9.17, 15) is 4.79 Å². The highest BCUT2D eigenvalue weighted by Gasteiger charge is 2.16. The summed E-state index contributed by atoms with van der Waals surface area (Å²) in [5.74, 6) is 0.689. The Kier molecular flexibility index (Phi) is 5.11. The van der Waals surface area contributed by atoms with Gasteiger partial charge in [-0.2, -0.15) is 0 Å². The second-order valence-corrected chi connectivity index (χ2v) is 5.00. The van der Waals surface area contributed by atoms with Crippen LogP contribution in [-0.2, 0) is 16.1 Å². The summed E-state index contributed by atoms with van der Waals surface area (Å²) in [5.41, 5.74) is 6.02. The normalized spacial score (nSPS) is 11.2. The van der Waals surface area contributed by atoms with Gasteiger partial charge in [-0.1, -0.05) is 0 Å². The largest absolute Gasteiger partial charge is 0.444 e. The summed E-state index contributed by atoms with van der Waals surface area (Å²) in [4.78, 5) is 15.6. The molecule has 1 rings (SSSR count). The summed E-state index contributed by atoms with van der Waals surface area (Å²) in [6, 6.07) is 3.43. The maximum Gasteiger partial charge on any atom is 0.413 e. The summed E-state index contributed by atoms with van der Waals surface area (Å²) in [6.07, 6.45) is -0.558. The van der Waals surface area contributed by atoms with Gasteiger partial charge in [0, 0.05) is 12.2 Å². The van der Waals surface area contributed by atoms with Crippen LogP contribution in [0.4, 0.5) is 16.4 Å². The quantitative estimate of drug-likeness (QED) is 0.875. The van der Waals surface area contributed by atoms with E-state index in [1.807, 2.05) is 6.92 Å². The summed E-state index contributed by atoms with van der Waals surface area (Å²) < 4.78 is 10.4. The standard InChI is InChI=1S/C13H21N3O3/c1-5-18-8-9-6-7-10(15-11(9)14)16-12(17)19-13(2,3)4/h6-7H,5,8H2,1-4H3,(H3,14,15,16,17). The Morgan fingerprint density at radius 1 is 1.42 bits per heavy atom. The molecule has 6 heteroatoms. The third-order valence-electron chi connectivity index (χ3n) is 2.10. The topological polar surface area (TPSA) is 86.5 Å². The van der Waals surface area contributed by atoms with Crippen LogP contribution < -0.4 is 11.1 Å². The molecule has 0 radical (unpaired) electrons. The molecule has 0 unspecified atom stereocenters. The van der Waals surface area contributed by atoms with Crippen molar-refractivity contribution in [2.75, 3.05) is 17.7 Å². The Bertz CT molecular complexity index is 441. The van der Waals surface area contributed by atoms with Gasteiger partial charge in [-0.3, -0.25) is 5.32 Å². The molecule has 0 saturated heterocycles. The Morgan fingerprint density at radius 3 is 2.63 bits per heavy atom. The average Bonchev–Trinajstić information content (AvgIpc) is 2.25. The SMILES string of the molecule is CCOCc1ccc(NC(=O)OC(C)(C)C)nc1N. The molecule has 1 heterocycles. The lowest BCUT2D eigenvalue weighted by Crippen LogP contribution is -2.27. The lowest BCUT2D eigenvalue weighted by Gasteiger charge is -2.19. The molecule has 0 aliphatic carbocycles. The summed E-state index contributed by atoms with van der Waals surface area (Å²) in [6.45, 7) is 8.29. The number of nitrogen functional groups attached to an aromatic ring is 1. The molecule has 0 aliphatic heterocycles. The number of amides is 1. The Hall–Kier alpha value is -1.82. The molecule has 19 heavy (non-hydrogen) atoms. The maximum atomic E-state index is 11.6. The van der Waals surface area contributed by atoms with E-state index in [-0.39, 0.29) is 0 Å². The van der Waals surface area contributed by atoms with Gasteiger partial charge in [-0.15, -0.1) is 0 Å². The van der Waals surface area contributed by atoms with E-state index in [1.165, 1.54) is 0 Å². The van der Waals surface area contributed by atoms with Crippen LogP contribution in [0, 0.1) is 0 Å². The highest BCUT2D eigenvalue weighted by Crippen LogP contribution is 2.15. The van der Waals surface area contributed by atoms with E-state index in [1.54, 1.807) is 32.9 Å². The van der Waals surface area contributed by atoms with Crippen LogP contribution in [0.25, 0.3) is 0 Å². The first-order chi connectivity index (χ1) is 8.81. The number of rotatable bonds is 4. The second kappa shape index (κ2) is 6.38. The summed E-state index contributed by atoms with van der Waals surface area (Å²) in [7, 11) is 0. The first-order valence-corrected chi connectivity index (χ1v) is 6.15. The number of hydrogen-bond acceptors (Lipinski definition) is 5. The Balaban J connectivity index is 2.65. The molecule has 0 fully saturated rings. The van der Waals surface area contributed by atoms with E-state index in [2.05, 4.69) is 10.3 Å². The van der Waals surface area contributed by atoms with Crippen LogP contribution in [0.3, 0.4) is 0 Å². The Labute approximate surface area is 113 Å². The highest BCUT2D eigenvalue weighted by molar-refractivity contribution is 5.83. The monoisotopic (exact) mass is 267 g/mol. The third-order valence-corrected chi connectivity index (χ3v) is 2.10. The number of nitrogens with one attached hydrogen (secondary N) is 1. The predicted molar refractivity (Wildman–Crippen MR) is 73.8 cm³/mol. The molecule has 0 spiro atoms. The van der Waals surface area contributed by atoms with Gasteiger partial charge >= 0.3 is 6.09 Å². The van der Waals surface area contributed by atoms with E-state index in [4.69, 9.17) is 15.2 Å². The van der Waals surface area contributed by atoms with Gasteiger partial charge in [0.05, 0.1) is 6.61 Å². The smallest absolute Gasteiger partial charge is 0.413 e. The van der Waals surface area contributed by atoms with E-state index >= 15 is 0 Å². The molecule has 0 aromatic carbocycles. The van der Waals surface area contributed by atoms with Crippen molar-refractivity contribution in [2.45, 2.75) is 39.9 Å². The van der Waals surface area contributed by atoms with Crippen molar-refractivity contribution >= 4 is 17.7 Å². The zero-order chi connectivity index (χ0) is 14.5. The van der Waals surface area contributed by atoms with E-state index in [0.717, 1.165) is 5.56 Å². The number of hydrogen-bond donors (Lipinski definition) is 2. The van der Waals surface area contributed by atoms with Crippen LogP contribution in [0.5, 0.6) is 0 Å². The number of ether oxygens (including phenoxy) is 2. The van der Waals surface area contributed by atoms with Crippen LogP contribution >= 0.6 is 0 Å². The fourth-order valence-corrected chi connectivity index (χ4v) is 1.32. The average molecular weight is 267 g/mol. The molecule has 0 bridgehead atoms. The predicted octanol–water partition coefficient (Wildman–Crippen LogP) is 2.55. The molecular weight excluding hydrogens is 246 g/mol. The first kappa shape index (κ1) is 15.2. The molecule has 1 amide bonds. The van der Waals surface area contributed by atoms with Gasteiger partial charge in [-0.05, 0) is 39.8 Å². The van der Waals surface area contributed by atoms with E-state index < -0.39 is 11.7 Å². The molecule has 3 N–H and O–H groups in total. The van der Waals surface area contributed by atoms with Crippen molar-refractivity contribution in [3.8, 4) is 0 Å². The fourth-order valence-electron chi connectivity index (χ4n) is 1.32. The lowest BCUT2D eigenvalue weighted by atomic mass is 10.2. The lowest BCUT2D eigenvalue weighted by molar-refractivity contribution is 0.0635. The minimum absolute atomic E-state index is 0.335. The van der Waals surface area contributed by atoms with Crippen LogP contribution in [0.15, 0.2) is 12.1 Å². The zero-order valence-electron chi connectivity index (χ0n) is 11.8. The first-order valence-electron chi connectivity index (χ1n) is 6.15. The van der Waals surface area contributed by atoms with Gasteiger partial charge in [-0.25, -0.2) is 9.78 Å². The minimum Gasteiger partial charge on any atom is -0.444 e. The summed E-state index contributed by atoms with van der Waals surface area (Å²) in [5, 5.41) is 2.53. The molecule has 1 aromatic rings. The van der Waals surface area contributed by atoms with Crippen molar-refractivity contribution < 1.29 is 14.3 Å². The molecule has 0 saturated carbocycles. The number of nitrogens with zero attached hydrogens (tertiary/aromatic N) is 1. The van der Waals surface area contributed by atoms with Gasteiger partial charge in [0.25, 0.3) is 0 Å². The second-order valence-electron chi connectivity index (χ2n) is 5.00. The Morgan fingerprint density at radius 2 is 2.11 bits per heavy atom. The van der Waals surface area contributed by atoms with E-state index in [0.29, 0.717) is 24.8 Å². The van der Waals surface area contributed by atoms with Crippen LogP contribution in [0.1, 0.15) is 33.3 Å². The zero-order valence-corrected chi connectivity index (χ0v) is 11.8. The molecule has 106 valence electrons. The molecule has 1 aromatic heterocycles. The number of anilines is 2. The van der Waals surface area contributed by atoms with Crippen LogP contribution in [-0.4, -0.2) is 23.3 Å². The van der Waals surface area contributed by atoms with Crippen molar-refractivity contribution in [3.05, 3.63) is 17.7 Å². The van der Waals surface area contributed by atoms with Crippen molar-refractivity contribution in [3.63, 3.8) is 0 Å². The number of pyridine rings is 1. The molecule has 0 atom stereocenters. The number of carbonyl (C=O) groups excluding carboxylic acids is 1. The van der Waals surface area contributed by atoms with Gasteiger partial charge < -0.3 is 15.2 Å². The van der Waals surface area contributed by atoms with Crippen molar-refractivity contribution in [1.29, 1.82) is 0 Å².